The van der Waals surface area contributed by atoms with Crippen LogP contribution < -0.4 is 5.32 Å². The van der Waals surface area contributed by atoms with Crippen LogP contribution in [0.2, 0.25) is 5.02 Å². The largest absolute Gasteiger partial charge is 0.383 e. The Hall–Kier alpha value is -2.51. The van der Waals surface area contributed by atoms with Gasteiger partial charge < -0.3 is 14.6 Å². The molecule has 3 aromatic rings. The van der Waals surface area contributed by atoms with E-state index in [1.54, 1.807) is 13.3 Å². The molecule has 2 heterocycles. The molecule has 7 nitrogen and oxygen atoms in total. The summed E-state index contributed by atoms with van der Waals surface area (Å²) in [6, 6.07) is 5.46. The number of hydrogen-bond acceptors (Lipinski definition) is 5. The maximum absolute atomic E-state index is 12.8. The van der Waals surface area contributed by atoms with Crippen molar-refractivity contribution in [1.82, 2.24) is 24.8 Å². The molecule has 0 unspecified atom stereocenters. The third-order valence-electron chi connectivity index (χ3n) is 4.93. The zero-order valence-electron chi connectivity index (χ0n) is 15.9. The van der Waals surface area contributed by atoms with E-state index >= 15 is 0 Å². The van der Waals surface area contributed by atoms with Crippen molar-refractivity contribution >= 4 is 28.5 Å². The lowest BCUT2D eigenvalue weighted by Gasteiger charge is -2.19. The molecule has 1 aliphatic rings. The van der Waals surface area contributed by atoms with Crippen LogP contribution in [0.15, 0.2) is 30.6 Å². The predicted octanol–water partition coefficient (Wildman–Crippen LogP) is 3.32. The number of benzene rings is 1. The molecule has 0 spiro atoms. The number of carbonyl (C=O) groups excluding carboxylic acids is 1. The Morgan fingerprint density at radius 1 is 1.36 bits per heavy atom. The summed E-state index contributed by atoms with van der Waals surface area (Å²) in [7, 11) is 1.67. The number of fused-ring (bicyclic) bond motifs is 1. The van der Waals surface area contributed by atoms with Gasteiger partial charge in [-0.15, -0.1) is 0 Å². The molecule has 0 saturated heterocycles. The van der Waals surface area contributed by atoms with Gasteiger partial charge in [0.1, 0.15) is 11.5 Å². The second kappa shape index (κ2) is 7.85. The highest BCUT2D eigenvalue weighted by molar-refractivity contribution is 6.31. The first kappa shape index (κ1) is 18.8. The fraction of sp³-hybridized carbons (Fsp3) is 0.400. The number of aromatic nitrogens is 4. The van der Waals surface area contributed by atoms with Gasteiger partial charge in [-0.05, 0) is 43.9 Å². The molecule has 1 aliphatic carbocycles. The van der Waals surface area contributed by atoms with Crippen molar-refractivity contribution in [1.29, 1.82) is 0 Å². The number of hydrogen-bond donors (Lipinski definition) is 1. The molecular formula is C20H22ClN5O2. The standard InChI is InChI=1S/C20H22ClN5O2/c1-12-10-23-16(11-22-12)20(27)25-18(13-3-4-13)19-24-15-9-14(21)5-6-17(15)26(19)7-8-28-2/h5-6,9-11,13,18H,3-4,7-8H2,1-2H3,(H,25,27)/t18-/m0/s1. The third-order valence-corrected chi connectivity index (χ3v) is 5.17. The minimum atomic E-state index is -0.243. The Labute approximate surface area is 168 Å². The van der Waals surface area contributed by atoms with Gasteiger partial charge in [0.2, 0.25) is 0 Å². The number of ether oxygens (including phenoxy) is 1. The maximum atomic E-state index is 12.8. The fourth-order valence-electron chi connectivity index (χ4n) is 3.32. The molecule has 4 rings (SSSR count). The van der Waals surface area contributed by atoms with Crippen molar-refractivity contribution in [2.45, 2.75) is 32.4 Å². The van der Waals surface area contributed by atoms with E-state index in [4.69, 9.17) is 21.3 Å². The van der Waals surface area contributed by atoms with Crippen LogP contribution in [0.4, 0.5) is 0 Å². The van der Waals surface area contributed by atoms with E-state index in [0.29, 0.717) is 29.8 Å². The third kappa shape index (κ3) is 3.86. The summed E-state index contributed by atoms with van der Waals surface area (Å²) in [4.78, 5) is 26.0. The molecule has 1 fully saturated rings. The van der Waals surface area contributed by atoms with E-state index in [9.17, 15) is 4.79 Å². The summed E-state index contributed by atoms with van der Waals surface area (Å²) in [6.07, 6.45) is 5.21. The van der Waals surface area contributed by atoms with Gasteiger partial charge in [-0.2, -0.15) is 0 Å². The molecule has 146 valence electrons. The number of rotatable bonds is 7. The molecule has 1 atom stereocenters. The van der Waals surface area contributed by atoms with Gasteiger partial charge in [0.15, 0.2) is 0 Å². The average Bonchev–Trinajstić information content (AvgIpc) is 3.46. The van der Waals surface area contributed by atoms with Crippen LogP contribution in [0.5, 0.6) is 0 Å². The topological polar surface area (TPSA) is 81.9 Å². The van der Waals surface area contributed by atoms with E-state index < -0.39 is 0 Å². The number of carbonyl (C=O) groups is 1. The summed E-state index contributed by atoms with van der Waals surface area (Å²) in [5.74, 6) is 0.939. The zero-order chi connectivity index (χ0) is 19.7. The van der Waals surface area contributed by atoms with E-state index in [0.717, 1.165) is 35.4 Å². The fourth-order valence-corrected chi connectivity index (χ4v) is 3.49. The maximum Gasteiger partial charge on any atom is 0.272 e. The quantitative estimate of drug-likeness (QED) is 0.659. The molecule has 28 heavy (non-hydrogen) atoms. The van der Waals surface area contributed by atoms with E-state index in [1.807, 2.05) is 25.1 Å². The second-order valence-electron chi connectivity index (χ2n) is 7.08. The van der Waals surface area contributed by atoms with Crippen molar-refractivity contribution in [3.63, 3.8) is 0 Å². The van der Waals surface area contributed by atoms with Crippen molar-refractivity contribution in [2.75, 3.05) is 13.7 Å². The van der Waals surface area contributed by atoms with E-state index in [2.05, 4.69) is 19.9 Å². The van der Waals surface area contributed by atoms with Crippen LogP contribution in [0, 0.1) is 12.8 Å². The van der Waals surface area contributed by atoms with Gasteiger partial charge in [-0.25, -0.2) is 9.97 Å². The first-order valence-corrected chi connectivity index (χ1v) is 9.68. The van der Waals surface area contributed by atoms with Crippen molar-refractivity contribution in [3.05, 3.63) is 52.8 Å². The van der Waals surface area contributed by atoms with Crippen LogP contribution in [-0.2, 0) is 11.3 Å². The van der Waals surface area contributed by atoms with Gasteiger partial charge in [0, 0.05) is 24.9 Å². The molecule has 2 aromatic heterocycles. The van der Waals surface area contributed by atoms with Crippen LogP contribution >= 0.6 is 11.6 Å². The second-order valence-corrected chi connectivity index (χ2v) is 7.52. The lowest BCUT2D eigenvalue weighted by molar-refractivity contribution is 0.0922. The molecular weight excluding hydrogens is 378 g/mol. The molecule has 8 heteroatoms. The monoisotopic (exact) mass is 399 g/mol. The van der Waals surface area contributed by atoms with Crippen molar-refractivity contribution in [2.24, 2.45) is 5.92 Å². The number of aryl methyl sites for hydroxylation is 1. The number of nitrogens with zero attached hydrogens (tertiary/aromatic N) is 4. The highest BCUT2D eigenvalue weighted by atomic mass is 35.5. The van der Waals surface area contributed by atoms with E-state index in [-0.39, 0.29) is 11.9 Å². The van der Waals surface area contributed by atoms with Crippen LogP contribution in [-0.4, -0.2) is 39.1 Å². The average molecular weight is 400 g/mol. The molecule has 0 radical (unpaired) electrons. The lowest BCUT2D eigenvalue weighted by atomic mass is 10.1. The Kier molecular flexibility index (Phi) is 5.28. The lowest BCUT2D eigenvalue weighted by Crippen LogP contribution is -2.32. The summed E-state index contributed by atoms with van der Waals surface area (Å²) < 4.78 is 7.39. The Morgan fingerprint density at radius 3 is 2.86 bits per heavy atom. The Balaban J connectivity index is 1.70. The van der Waals surface area contributed by atoms with Crippen LogP contribution in [0.1, 0.15) is 40.9 Å². The van der Waals surface area contributed by atoms with Gasteiger partial charge >= 0.3 is 0 Å². The molecule has 1 aromatic carbocycles. The minimum Gasteiger partial charge on any atom is -0.383 e. The Morgan fingerprint density at radius 2 is 2.18 bits per heavy atom. The van der Waals surface area contributed by atoms with Crippen LogP contribution in [0.25, 0.3) is 11.0 Å². The first-order valence-electron chi connectivity index (χ1n) is 9.31. The summed E-state index contributed by atoms with van der Waals surface area (Å²) >= 11 is 6.16. The number of amides is 1. The molecule has 1 saturated carbocycles. The first-order chi connectivity index (χ1) is 13.6. The van der Waals surface area contributed by atoms with Gasteiger partial charge in [-0.3, -0.25) is 9.78 Å². The molecule has 1 N–H and O–H groups in total. The smallest absolute Gasteiger partial charge is 0.272 e. The highest BCUT2D eigenvalue weighted by Gasteiger charge is 2.37. The van der Waals surface area contributed by atoms with Crippen molar-refractivity contribution < 1.29 is 9.53 Å². The van der Waals surface area contributed by atoms with Gasteiger partial charge in [0.05, 0.1) is 35.6 Å². The number of halogens is 1. The van der Waals surface area contributed by atoms with E-state index in [1.165, 1.54) is 6.20 Å². The normalized spacial score (nSPS) is 15.0. The molecule has 0 aliphatic heterocycles. The predicted molar refractivity (Wildman–Crippen MR) is 106 cm³/mol. The molecule has 1 amide bonds. The summed E-state index contributed by atoms with van der Waals surface area (Å²) in [5, 5.41) is 3.76. The SMILES string of the molecule is COCCn1c([C@@H](NC(=O)c2cnc(C)cn2)C2CC2)nc2cc(Cl)ccc21. The number of imidazole rings is 1. The molecule has 0 bridgehead atoms. The minimum absolute atomic E-state index is 0.196. The summed E-state index contributed by atoms with van der Waals surface area (Å²) in [5.41, 5.74) is 2.87. The zero-order valence-corrected chi connectivity index (χ0v) is 16.6. The van der Waals surface area contributed by atoms with Crippen LogP contribution in [0.3, 0.4) is 0 Å². The summed E-state index contributed by atoms with van der Waals surface area (Å²) in [6.45, 7) is 3.04. The van der Waals surface area contributed by atoms with Gasteiger partial charge in [-0.1, -0.05) is 11.6 Å². The Bertz CT molecular complexity index is 998. The van der Waals surface area contributed by atoms with Gasteiger partial charge in [0.25, 0.3) is 5.91 Å². The highest BCUT2D eigenvalue weighted by Crippen LogP contribution is 2.41. The number of nitrogens with one attached hydrogen (secondary N) is 1. The number of methoxy groups -OCH3 is 1. The van der Waals surface area contributed by atoms with Crippen molar-refractivity contribution in [3.8, 4) is 0 Å².